The summed E-state index contributed by atoms with van der Waals surface area (Å²) in [4.78, 5) is 46.3. The van der Waals surface area contributed by atoms with Gasteiger partial charge in [-0.25, -0.2) is 14.6 Å². The summed E-state index contributed by atoms with van der Waals surface area (Å²) in [5.41, 5.74) is -1.45. The van der Waals surface area contributed by atoms with Crippen molar-refractivity contribution in [2.24, 2.45) is 0 Å². The smallest absolute Gasteiger partial charge is 0.335 e. The monoisotopic (exact) mass is 344 g/mol. The first-order valence-electron chi connectivity index (χ1n) is 6.94. The van der Waals surface area contributed by atoms with Crippen LogP contribution in [0.5, 0.6) is 11.6 Å². The van der Waals surface area contributed by atoms with Crippen LogP contribution in [0.3, 0.4) is 0 Å². The maximum absolute atomic E-state index is 12.6. The number of hydrogen-bond acceptors (Lipinski definition) is 7. The van der Waals surface area contributed by atoms with Crippen LogP contribution < -0.4 is 20.7 Å². The predicted octanol–water partition coefficient (Wildman–Crippen LogP) is 0.184. The van der Waals surface area contributed by atoms with Gasteiger partial charge in [0.05, 0.1) is 36.9 Å². The first-order valence-corrected chi connectivity index (χ1v) is 6.94. The van der Waals surface area contributed by atoms with Crippen LogP contribution in [0.1, 0.15) is 10.4 Å². The molecule has 2 heterocycles. The van der Waals surface area contributed by atoms with Gasteiger partial charge in [-0.05, 0) is 18.2 Å². The van der Waals surface area contributed by atoms with Crippen LogP contribution in [-0.2, 0) is 0 Å². The number of carboxylic acid groups (broad SMARTS) is 1. The first-order chi connectivity index (χ1) is 12.0. The Morgan fingerprint density at radius 1 is 1.24 bits per heavy atom. The third-order valence-corrected chi connectivity index (χ3v) is 3.47. The molecule has 0 radical (unpaired) electrons. The van der Waals surface area contributed by atoms with Crippen LogP contribution in [0.4, 0.5) is 0 Å². The third kappa shape index (κ3) is 2.69. The van der Waals surface area contributed by atoms with Crippen molar-refractivity contribution in [3.8, 4) is 17.6 Å². The van der Waals surface area contributed by atoms with E-state index < -0.39 is 17.2 Å². The summed E-state index contributed by atoms with van der Waals surface area (Å²) in [6.45, 7) is 0. The van der Waals surface area contributed by atoms with Gasteiger partial charge in [-0.3, -0.25) is 4.79 Å². The zero-order valence-corrected chi connectivity index (χ0v) is 13.1. The zero-order valence-electron chi connectivity index (χ0n) is 13.1. The summed E-state index contributed by atoms with van der Waals surface area (Å²) < 4.78 is 10.8. The van der Waals surface area contributed by atoms with Crippen LogP contribution in [0.15, 0.2) is 34.0 Å². The van der Waals surface area contributed by atoms with Crippen molar-refractivity contribution in [3.05, 3.63) is 50.8 Å². The van der Waals surface area contributed by atoms with Crippen molar-refractivity contribution in [1.82, 2.24) is 19.5 Å². The van der Waals surface area contributed by atoms with Gasteiger partial charge in [-0.1, -0.05) is 0 Å². The molecule has 0 spiro atoms. The minimum atomic E-state index is -1.17. The molecule has 0 fully saturated rings. The highest BCUT2D eigenvalue weighted by molar-refractivity contribution is 5.92. The number of aromatic nitrogens is 4. The Morgan fingerprint density at radius 3 is 2.64 bits per heavy atom. The minimum Gasteiger partial charge on any atom is -0.490 e. The fourth-order valence-corrected chi connectivity index (χ4v) is 2.27. The van der Waals surface area contributed by atoms with E-state index in [1.807, 2.05) is 0 Å². The van der Waals surface area contributed by atoms with Gasteiger partial charge in [0.25, 0.3) is 11.4 Å². The van der Waals surface area contributed by atoms with E-state index in [0.717, 1.165) is 4.57 Å². The number of hydrogen-bond donors (Lipinski definition) is 2. The lowest BCUT2D eigenvalue weighted by atomic mass is 10.1. The third-order valence-electron chi connectivity index (χ3n) is 3.47. The Hall–Kier alpha value is -3.69. The Morgan fingerprint density at radius 2 is 2.00 bits per heavy atom. The molecular weight excluding hydrogens is 332 g/mol. The highest BCUT2D eigenvalue weighted by Gasteiger charge is 2.16. The van der Waals surface area contributed by atoms with Gasteiger partial charge < -0.3 is 19.6 Å². The van der Waals surface area contributed by atoms with Crippen LogP contribution >= 0.6 is 0 Å². The molecule has 10 nitrogen and oxygen atoms in total. The van der Waals surface area contributed by atoms with Crippen molar-refractivity contribution >= 4 is 16.9 Å². The Labute approximate surface area is 139 Å². The molecule has 0 unspecified atom stereocenters. The predicted molar refractivity (Wildman–Crippen MR) is 85.8 cm³/mol. The summed E-state index contributed by atoms with van der Waals surface area (Å²) in [5, 5.41) is 9.12. The Bertz CT molecular complexity index is 1100. The van der Waals surface area contributed by atoms with E-state index in [4.69, 9.17) is 14.6 Å². The van der Waals surface area contributed by atoms with Gasteiger partial charge in [0.1, 0.15) is 0 Å². The van der Waals surface area contributed by atoms with E-state index in [1.54, 1.807) is 0 Å². The number of nitrogens with zero attached hydrogens (tertiary/aromatic N) is 3. The molecule has 25 heavy (non-hydrogen) atoms. The summed E-state index contributed by atoms with van der Waals surface area (Å²) in [5.74, 6) is -1.08. The van der Waals surface area contributed by atoms with Crippen molar-refractivity contribution in [3.63, 3.8) is 0 Å². The number of carbonyl (C=O) groups is 1. The van der Waals surface area contributed by atoms with Crippen molar-refractivity contribution < 1.29 is 19.4 Å². The highest BCUT2D eigenvalue weighted by atomic mass is 16.5. The average Bonchev–Trinajstić information content (AvgIpc) is 2.60. The lowest BCUT2D eigenvalue weighted by Gasteiger charge is -2.09. The highest BCUT2D eigenvalue weighted by Crippen LogP contribution is 2.22. The molecule has 0 saturated heterocycles. The number of benzene rings is 1. The second-order valence-electron chi connectivity index (χ2n) is 4.88. The van der Waals surface area contributed by atoms with E-state index >= 15 is 0 Å². The topological polar surface area (TPSA) is 136 Å². The number of rotatable bonds is 4. The number of nitrogens with one attached hydrogen (secondary N) is 1. The summed E-state index contributed by atoms with van der Waals surface area (Å²) >= 11 is 0. The van der Waals surface area contributed by atoms with Gasteiger partial charge in [-0.15, -0.1) is 0 Å². The normalized spacial score (nSPS) is 10.6. The lowest BCUT2D eigenvalue weighted by Crippen LogP contribution is -2.35. The van der Waals surface area contributed by atoms with Crippen LogP contribution in [0.25, 0.3) is 16.9 Å². The van der Waals surface area contributed by atoms with Gasteiger partial charge in [0.2, 0.25) is 5.95 Å². The molecular formula is C15H12N4O6. The molecule has 0 aliphatic rings. The molecule has 0 atom stereocenters. The molecule has 0 saturated carbocycles. The number of fused-ring (bicyclic) bond motifs is 1. The molecule has 0 aliphatic carbocycles. The molecule has 2 aromatic heterocycles. The van der Waals surface area contributed by atoms with E-state index in [0.29, 0.717) is 0 Å². The van der Waals surface area contributed by atoms with Crippen molar-refractivity contribution in [2.45, 2.75) is 0 Å². The van der Waals surface area contributed by atoms with E-state index in [2.05, 4.69) is 15.0 Å². The molecule has 0 bridgehead atoms. The summed E-state index contributed by atoms with van der Waals surface area (Å²) in [6, 6.07) is 3.79. The Balaban J connectivity index is 2.27. The maximum atomic E-state index is 12.6. The number of methoxy groups -OCH3 is 2. The quantitative estimate of drug-likeness (QED) is 0.684. The Kier molecular flexibility index (Phi) is 3.93. The van der Waals surface area contributed by atoms with Crippen molar-refractivity contribution in [2.75, 3.05) is 14.2 Å². The fourth-order valence-electron chi connectivity index (χ4n) is 2.27. The molecule has 3 aromatic rings. The SMILES string of the molecule is COc1cnc(-n2c(=O)[nH]c3cc(C(=O)O)ccc3c2=O)nc1OC. The number of H-pyrrole nitrogens is 1. The average molecular weight is 344 g/mol. The second kappa shape index (κ2) is 6.07. The summed E-state index contributed by atoms with van der Waals surface area (Å²) in [6.07, 6.45) is 1.27. The minimum absolute atomic E-state index is 0.0531. The van der Waals surface area contributed by atoms with E-state index in [9.17, 15) is 14.4 Å². The molecule has 128 valence electrons. The van der Waals surface area contributed by atoms with E-state index in [-0.39, 0.29) is 34.0 Å². The van der Waals surface area contributed by atoms with E-state index in [1.165, 1.54) is 38.6 Å². The molecule has 0 amide bonds. The first kappa shape index (κ1) is 16.2. The van der Waals surface area contributed by atoms with Crippen LogP contribution in [0.2, 0.25) is 0 Å². The van der Waals surface area contributed by atoms with Crippen LogP contribution in [0, 0.1) is 0 Å². The molecule has 10 heteroatoms. The number of carboxylic acids is 1. The largest absolute Gasteiger partial charge is 0.490 e. The van der Waals surface area contributed by atoms with Gasteiger partial charge >= 0.3 is 11.7 Å². The van der Waals surface area contributed by atoms with Gasteiger partial charge in [-0.2, -0.15) is 9.55 Å². The molecule has 0 aliphatic heterocycles. The van der Waals surface area contributed by atoms with Crippen LogP contribution in [-0.4, -0.2) is 44.8 Å². The number of ether oxygens (including phenoxy) is 2. The van der Waals surface area contributed by atoms with Crippen molar-refractivity contribution in [1.29, 1.82) is 0 Å². The van der Waals surface area contributed by atoms with Gasteiger partial charge in [0.15, 0.2) is 5.75 Å². The standard InChI is InChI=1S/C15H12N4O6/c1-24-10-6-16-14(18-11(10)25-2)19-12(20)8-4-3-7(13(21)22)5-9(8)17-15(19)23/h3-6H,1-2H3,(H,17,23)(H,21,22). The molecule has 1 aromatic carbocycles. The fraction of sp³-hybridized carbons (Fsp3) is 0.133. The molecule has 3 rings (SSSR count). The summed E-state index contributed by atoms with van der Waals surface area (Å²) in [7, 11) is 2.76. The second-order valence-corrected chi connectivity index (χ2v) is 4.88. The number of aromatic amines is 1. The lowest BCUT2D eigenvalue weighted by molar-refractivity contribution is 0.0697. The molecule has 2 N–H and O–H groups in total. The maximum Gasteiger partial charge on any atom is 0.335 e. The zero-order chi connectivity index (χ0) is 18.1. The van der Waals surface area contributed by atoms with Gasteiger partial charge in [0, 0.05) is 0 Å². The number of aromatic carboxylic acids is 1.